The van der Waals surface area contributed by atoms with Gasteiger partial charge in [-0.25, -0.2) is 0 Å². The first-order valence-electron chi connectivity index (χ1n) is 5.07. The second-order valence-electron chi connectivity index (χ2n) is 3.80. The molecule has 0 aromatic carbocycles. The Bertz CT molecular complexity index is 320. The predicted molar refractivity (Wildman–Crippen MR) is 52.8 cm³/mol. The highest BCUT2D eigenvalue weighted by atomic mass is 19.4. The summed E-state index contributed by atoms with van der Waals surface area (Å²) in [6.45, 7) is 3.96. The summed E-state index contributed by atoms with van der Waals surface area (Å²) in [5, 5.41) is 3.98. The zero-order chi connectivity index (χ0) is 12.2. The second-order valence-corrected chi connectivity index (χ2v) is 3.80. The molecule has 1 aromatic rings. The Balaban J connectivity index is 2.39. The molecule has 0 unspecified atom stereocenters. The Hall–Kier alpha value is -1.04. The van der Waals surface area contributed by atoms with Crippen molar-refractivity contribution in [2.24, 2.45) is 0 Å². The summed E-state index contributed by atoms with van der Waals surface area (Å²) < 4.78 is 42.4. The number of rotatable bonds is 5. The molecular formula is C10H15F3N2O. The largest absolute Gasteiger partial charge is 0.390 e. The summed E-state index contributed by atoms with van der Waals surface area (Å²) >= 11 is 0. The van der Waals surface area contributed by atoms with E-state index in [-0.39, 0.29) is 12.6 Å². The monoisotopic (exact) mass is 236 g/mol. The summed E-state index contributed by atoms with van der Waals surface area (Å²) in [6.07, 6.45) is -3.38. The average Bonchev–Trinajstić information content (AvgIpc) is 2.58. The predicted octanol–water partition coefficient (Wildman–Crippen LogP) is 2.76. The number of hydrogen-bond acceptors (Lipinski definition) is 2. The van der Waals surface area contributed by atoms with Crippen molar-refractivity contribution < 1.29 is 17.9 Å². The molecule has 0 aliphatic carbocycles. The molecule has 0 aliphatic heterocycles. The van der Waals surface area contributed by atoms with Crippen LogP contribution in [0.5, 0.6) is 0 Å². The van der Waals surface area contributed by atoms with Gasteiger partial charge in [-0.3, -0.25) is 4.68 Å². The molecule has 3 nitrogen and oxygen atoms in total. The quantitative estimate of drug-likeness (QED) is 0.786. The zero-order valence-electron chi connectivity index (χ0n) is 9.29. The molecule has 0 radical (unpaired) electrons. The van der Waals surface area contributed by atoms with Gasteiger partial charge in [0.05, 0.1) is 24.8 Å². The van der Waals surface area contributed by atoms with Gasteiger partial charge in [0.1, 0.15) is 0 Å². The van der Waals surface area contributed by atoms with Crippen LogP contribution in [0.3, 0.4) is 0 Å². The molecule has 1 rings (SSSR count). The fourth-order valence-electron chi connectivity index (χ4n) is 1.10. The molecule has 0 saturated carbocycles. The van der Waals surface area contributed by atoms with Gasteiger partial charge >= 0.3 is 6.18 Å². The van der Waals surface area contributed by atoms with E-state index in [1.807, 2.05) is 13.8 Å². The van der Waals surface area contributed by atoms with Crippen molar-refractivity contribution >= 4 is 0 Å². The van der Waals surface area contributed by atoms with E-state index in [0.29, 0.717) is 12.3 Å². The molecule has 16 heavy (non-hydrogen) atoms. The van der Waals surface area contributed by atoms with Crippen LogP contribution in [-0.2, 0) is 17.9 Å². The Kier molecular flexibility index (Phi) is 4.35. The Morgan fingerprint density at radius 2 is 2.12 bits per heavy atom. The first kappa shape index (κ1) is 13.0. The number of aryl methyl sites for hydroxylation is 1. The minimum absolute atomic E-state index is 0.0836. The molecule has 0 saturated heterocycles. The van der Waals surface area contributed by atoms with E-state index in [1.165, 1.54) is 10.9 Å². The lowest BCUT2D eigenvalue weighted by Gasteiger charge is -2.06. The summed E-state index contributed by atoms with van der Waals surface area (Å²) in [5.41, 5.74) is 0.649. The molecule has 1 aromatic heterocycles. The first-order valence-corrected chi connectivity index (χ1v) is 5.07. The number of ether oxygens (including phenoxy) is 1. The molecule has 0 atom stereocenters. The third kappa shape index (κ3) is 5.16. The molecule has 0 amide bonds. The van der Waals surface area contributed by atoms with Crippen molar-refractivity contribution in [3.8, 4) is 0 Å². The second kappa shape index (κ2) is 5.34. The molecular weight excluding hydrogens is 221 g/mol. The number of hydrogen-bond donors (Lipinski definition) is 0. The van der Waals surface area contributed by atoms with E-state index in [4.69, 9.17) is 4.74 Å². The Labute approximate surface area is 92.2 Å². The fourth-order valence-corrected chi connectivity index (χ4v) is 1.10. The van der Waals surface area contributed by atoms with Crippen molar-refractivity contribution in [1.29, 1.82) is 0 Å². The lowest BCUT2D eigenvalue weighted by atomic mass is 10.4. The van der Waals surface area contributed by atoms with Crippen LogP contribution in [0.1, 0.15) is 26.0 Å². The highest BCUT2D eigenvalue weighted by molar-refractivity contribution is 4.97. The van der Waals surface area contributed by atoms with Crippen LogP contribution in [0.25, 0.3) is 0 Å². The molecule has 0 spiro atoms. The Morgan fingerprint density at radius 1 is 1.44 bits per heavy atom. The molecule has 0 N–H and O–H groups in total. The molecule has 92 valence electrons. The van der Waals surface area contributed by atoms with Gasteiger partial charge in [-0.05, 0) is 19.9 Å². The highest BCUT2D eigenvalue weighted by Gasteiger charge is 2.26. The van der Waals surface area contributed by atoms with Crippen molar-refractivity contribution in [2.75, 3.05) is 0 Å². The van der Waals surface area contributed by atoms with Gasteiger partial charge in [-0.2, -0.15) is 18.3 Å². The topological polar surface area (TPSA) is 27.1 Å². The maximum Gasteiger partial charge on any atom is 0.390 e. The normalized spacial score (nSPS) is 12.4. The van der Waals surface area contributed by atoms with Crippen LogP contribution in [0.15, 0.2) is 12.3 Å². The van der Waals surface area contributed by atoms with E-state index in [1.54, 1.807) is 6.07 Å². The van der Waals surface area contributed by atoms with Gasteiger partial charge in [0.2, 0.25) is 0 Å². The summed E-state index contributed by atoms with van der Waals surface area (Å²) in [4.78, 5) is 0. The minimum atomic E-state index is -4.14. The van der Waals surface area contributed by atoms with Crippen LogP contribution >= 0.6 is 0 Å². The molecule has 0 fully saturated rings. The van der Waals surface area contributed by atoms with Gasteiger partial charge in [-0.1, -0.05) is 0 Å². The average molecular weight is 236 g/mol. The first-order chi connectivity index (χ1) is 7.37. The summed E-state index contributed by atoms with van der Waals surface area (Å²) in [6, 6.07) is 1.67. The smallest absolute Gasteiger partial charge is 0.372 e. The van der Waals surface area contributed by atoms with E-state index in [2.05, 4.69) is 5.10 Å². The van der Waals surface area contributed by atoms with E-state index < -0.39 is 12.6 Å². The maximum absolute atomic E-state index is 11.9. The third-order valence-corrected chi connectivity index (χ3v) is 1.88. The zero-order valence-corrected chi connectivity index (χ0v) is 9.29. The van der Waals surface area contributed by atoms with Gasteiger partial charge in [0.25, 0.3) is 0 Å². The number of aromatic nitrogens is 2. The van der Waals surface area contributed by atoms with Gasteiger partial charge in [0.15, 0.2) is 0 Å². The standard InChI is InChI=1S/C10H15F3N2O/c1-8(2)16-7-9-3-5-15(14-9)6-4-10(11,12)13/h3,5,8H,4,6-7H2,1-2H3. The molecule has 0 aliphatic rings. The van der Waals surface area contributed by atoms with Crippen molar-refractivity contribution in [2.45, 2.75) is 45.7 Å². The molecule has 6 heteroatoms. The third-order valence-electron chi connectivity index (χ3n) is 1.88. The lowest BCUT2D eigenvalue weighted by Crippen LogP contribution is -2.12. The van der Waals surface area contributed by atoms with Crippen molar-refractivity contribution in [3.05, 3.63) is 18.0 Å². The van der Waals surface area contributed by atoms with E-state index >= 15 is 0 Å². The number of alkyl halides is 3. The van der Waals surface area contributed by atoms with Gasteiger partial charge < -0.3 is 4.74 Å². The minimum Gasteiger partial charge on any atom is -0.372 e. The fraction of sp³-hybridized carbons (Fsp3) is 0.700. The van der Waals surface area contributed by atoms with Crippen LogP contribution in [0, 0.1) is 0 Å². The van der Waals surface area contributed by atoms with Crippen LogP contribution < -0.4 is 0 Å². The van der Waals surface area contributed by atoms with Gasteiger partial charge in [-0.15, -0.1) is 0 Å². The Morgan fingerprint density at radius 3 is 2.69 bits per heavy atom. The number of nitrogens with zero attached hydrogens (tertiary/aromatic N) is 2. The van der Waals surface area contributed by atoms with Crippen LogP contribution in [-0.4, -0.2) is 22.1 Å². The van der Waals surface area contributed by atoms with Crippen LogP contribution in [0.4, 0.5) is 13.2 Å². The summed E-state index contributed by atoms with van der Waals surface area (Å²) in [7, 11) is 0. The van der Waals surface area contributed by atoms with E-state index in [9.17, 15) is 13.2 Å². The maximum atomic E-state index is 11.9. The highest BCUT2D eigenvalue weighted by Crippen LogP contribution is 2.20. The summed E-state index contributed by atoms with van der Waals surface area (Å²) in [5.74, 6) is 0. The lowest BCUT2D eigenvalue weighted by molar-refractivity contribution is -0.137. The molecule has 0 bridgehead atoms. The van der Waals surface area contributed by atoms with Crippen molar-refractivity contribution in [3.63, 3.8) is 0 Å². The number of halogens is 3. The van der Waals surface area contributed by atoms with Crippen molar-refractivity contribution in [1.82, 2.24) is 9.78 Å². The van der Waals surface area contributed by atoms with Crippen LogP contribution in [0.2, 0.25) is 0 Å². The molecule has 1 heterocycles. The van der Waals surface area contributed by atoms with Gasteiger partial charge in [0, 0.05) is 12.7 Å². The SMILES string of the molecule is CC(C)OCc1ccn(CCC(F)(F)F)n1. The van der Waals surface area contributed by atoms with E-state index in [0.717, 1.165) is 0 Å².